The lowest BCUT2D eigenvalue weighted by Crippen LogP contribution is -2.26. The minimum absolute atomic E-state index is 0.108. The van der Waals surface area contributed by atoms with Gasteiger partial charge in [-0.15, -0.1) is 0 Å². The molecule has 1 atom stereocenters. The summed E-state index contributed by atoms with van der Waals surface area (Å²) in [6.07, 6.45) is 5.11. The molecule has 1 aromatic carbocycles. The van der Waals surface area contributed by atoms with Gasteiger partial charge in [-0.2, -0.15) is 0 Å². The van der Waals surface area contributed by atoms with Gasteiger partial charge in [0.2, 0.25) is 0 Å². The van der Waals surface area contributed by atoms with Gasteiger partial charge in [0.15, 0.2) is 0 Å². The average Bonchev–Trinajstić information content (AvgIpc) is 2.62. The second-order valence-electron chi connectivity index (χ2n) is 5.77. The van der Waals surface area contributed by atoms with E-state index in [0.29, 0.717) is 18.2 Å². The molecule has 5 nitrogen and oxygen atoms in total. The van der Waals surface area contributed by atoms with Crippen LogP contribution < -0.4 is 15.4 Å². The summed E-state index contributed by atoms with van der Waals surface area (Å²) in [7, 11) is 1.65. The summed E-state index contributed by atoms with van der Waals surface area (Å²) >= 11 is 0. The Morgan fingerprint density at radius 2 is 2.00 bits per heavy atom. The quantitative estimate of drug-likeness (QED) is 0.781. The van der Waals surface area contributed by atoms with Gasteiger partial charge in [-0.3, -0.25) is 9.78 Å². The first-order valence-corrected chi connectivity index (χ1v) is 8.25. The molecule has 24 heavy (non-hydrogen) atoms. The summed E-state index contributed by atoms with van der Waals surface area (Å²) < 4.78 is 5.13. The van der Waals surface area contributed by atoms with Crippen LogP contribution in [0.3, 0.4) is 0 Å². The van der Waals surface area contributed by atoms with E-state index in [1.807, 2.05) is 30.3 Å². The molecule has 0 spiro atoms. The van der Waals surface area contributed by atoms with Crippen LogP contribution in [0, 0.1) is 0 Å². The van der Waals surface area contributed by atoms with Crippen LogP contribution in [0.2, 0.25) is 0 Å². The summed E-state index contributed by atoms with van der Waals surface area (Å²) in [5, 5.41) is 6.26. The van der Waals surface area contributed by atoms with E-state index in [-0.39, 0.29) is 5.91 Å². The van der Waals surface area contributed by atoms with E-state index < -0.39 is 0 Å². The van der Waals surface area contributed by atoms with Crippen molar-refractivity contribution in [3.63, 3.8) is 0 Å². The largest absolute Gasteiger partial charge is 0.497 e. The third kappa shape index (κ3) is 5.26. The maximum absolute atomic E-state index is 12.2. The van der Waals surface area contributed by atoms with Gasteiger partial charge in [0.25, 0.3) is 5.91 Å². The average molecular weight is 327 g/mol. The van der Waals surface area contributed by atoms with E-state index in [1.54, 1.807) is 19.5 Å². The maximum atomic E-state index is 12.2. The number of aromatic nitrogens is 1. The Morgan fingerprint density at radius 3 is 2.67 bits per heavy atom. The normalized spacial score (nSPS) is 11.6. The SMILES string of the molecule is CCC(C)Nc1cncc(C(=O)NCCc2ccc(OC)cc2)c1. The number of anilines is 1. The number of carbonyl (C=O) groups is 1. The van der Waals surface area contributed by atoms with Gasteiger partial charge in [-0.1, -0.05) is 19.1 Å². The summed E-state index contributed by atoms with van der Waals surface area (Å²) in [4.78, 5) is 16.4. The predicted molar refractivity (Wildman–Crippen MR) is 96.6 cm³/mol. The zero-order valence-corrected chi connectivity index (χ0v) is 14.5. The molecule has 2 N–H and O–H groups in total. The van der Waals surface area contributed by atoms with Crippen molar-refractivity contribution in [3.05, 3.63) is 53.9 Å². The van der Waals surface area contributed by atoms with Crippen molar-refractivity contribution in [2.45, 2.75) is 32.7 Å². The number of hydrogen-bond donors (Lipinski definition) is 2. The highest BCUT2D eigenvalue weighted by molar-refractivity contribution is 5.94. The molecular weight excluding hydrogens is 302 g/mol. The van der Waals surface area contributed by atoms with Crippen molar-refractivity contribution >= 4 is 11.6 Å². The van der Waals surface area contributed by atoms with Crippen molar-refractivity contribution in [2.75, 3.05) is 19.0 Å². The number of pyridine rings is 1. The highest BCUT2D eigenvalue weighted by Crippen LogP contribution is 2.12. The van der Waals surface area contributed by atoms with E-state index >= 15 is 0 Å². The lowest BCUT2D eigenvalue weighted by molar-refractivity contribution is 0.0954. The van der Waals surface area contributed by atoms with Crippen LogP contribution in [0.5, 0.6) is 5.75 Å². The van der Waals surface area contributed by atoms with Gasteiger partial charge >= 0.3 is 0 Å². The van der Waals surface area contributed by atoms with Crippen molar-refractivity contribution in [2.24, 2.45) is 0 Å². The second-order valence-corrected chi connectivity index (χ2v) is 5.77. The van der Waals surface area contributed by atoms with Crippen molar-refractivity contribution in [1.29, 1.82) is 0 Å². The van der Waals surface area contributed by atoms with Crippen LogP contribution in [-0.2, 0) is 6.42 Å². The summed E-state index contributed by atoms with van der Waals surface area (Å²) in [5.74, 6) is 0.725. The molecule has 2 aromatic rings. The Morgan fingerprint density at radius 1 is 1.25 bits per heavy atom. The number of carbonyl (C=O) groups excluding carboxylic acids is 1. The molecule has 2 rings (SSSR count). The Kier molecular flexibility index (Phi) is 6.61. The number of nitrogens with one attached hydrogen (secondary N) is 2. The standard InChI is InChI=1S/C19H25N3O2/c1-4-14(2)22-17-11-16(12-20-13-17)19(23)21-10-9-15-5-7-18(24-3)8-6-15/h5-8,11-14,22H,4,9-10H2,1-3H3,(H,21,23). The van der Waals surface area contributed by atoms with Crippen LogP contribution in [0.15, 0.2) is 42.7 Å². The van der Waals surface area contributed by atoms with Crippen molar-refractivity contribution in [3.8, 4) is 5.75 Å². The number of amides is 1. The van der Waals surface area contributed by atoms with E-state index in [0.717, 1.165) is 29.8 Å². The fourth-order valence-electron chi connectivity index (χ4n) is 2.24. The zero-order chi connectivity index (χ0) is 17.4. The molecule has 1 heterocycles. The first-order chi connectivity index (χ1) is 11.6. The second kappa shape index (κ2) is 8.91. The van der Waals surface area contributed by atoms with E-state index in [9.17, 15) is 4.79 Å². The third-order valence-corrected chi connectivity index (χ3v) is 3.88. The van der Waals surface area contributed by atoms with Gasteiger partial charge in [0.1, 0.15) is 5.75 Å². The molecule has 0 saturated carbocycles. The molecule has 5 heteroatoms. The minimum Gasteiger partial charge on any atom is -0.497 e. The van der Waals surface area contributed by atoms with Crippen molar-refractivity contribution in [1.82, 2.24) is 10.3 Å². The van der Waals surface area contributed by atoms with Crippen LogP contribution in [-0.4, -0.2) is 30.6 Å². The lowest BCUT2D eigenvalue weighted by Gasteiger charge is -2.13. The maximum Gasteiger partial charge on any atom is 0.252 e. The Balaban J connectivity index is 1.86. The monoisotopic (exact) mass is 327 g/mol. The van der Waals surface area contributed by atoms with E-state index in [2.05, 4.69) is 29.5 Å². The number of methoxy groups -OCH3 is 1. The predicted octanol–water partition coefficient (Wildman–Crippen LogP) is 3.27. The fraction of sp³-hybridized carbons (Fsp3) is 0.368. The van der Waals surface area contributed by atoms with Gasteiger partial charge in [-0.25, -0.2) is 0 Å². The van der Waals surface area contributed by atoms with Crippen LogP contribution in [0.25, 0.3) is 0 Å². The van der Waals surface area contributed by atoms with E-state index in [4.69, 9.17) is 4.74 Å². The molecule has 0 fully saturated rings. The molecule has 0 radical (unpaired) electrons. The molecule has 1 amide bonds. The lowest BCUT2D eigenvalue weighted by atomic mass is 10.1. The highest BCUT2D eigenvalue weighted by Gasteiger charge is 2.07. The molecule has 0 aliphatic carbocycles. The molecule has 0 bridgehead atoms. The Hall–Kier alpha value is -2.56. The third-order valence-electron chi connectivity index (χ3n) is 3.88. The smallest absolute Gasteiger partial charge is 0.252 e. The van der Waals surface area contributed by atoms with Crippen LogP contribution in [0.1, 0.15) is 36.2 Å². The van der Waals surface area contributed by atoms with Gasteiger partial charge in [0, 0.05) is 25.0 Å². The number of ether oxygens (including phenoxy) is 1. The topological polar surface area (TPSA) is 63.2 Å². The fourth-order valence-corrected chi connectivity index (χ4v) is 2.24. The summed E-state index contributed by atoms with van der Waals surface area (Å²) in [6.45, 7) is 4.79. The first kappa shape index (κ1) is 17.8. The molecule has 1 unspecified atom stereocenters. The van der Waals surface area contributed by atoms with Gasteiger partial charge < -0.3 is 15.4 Å². The minimum atomic E-state index is -0.108. The number of hydrogen-bond acceptors (Lipinski definition) is 4. The Bertz CT molecular complexity index is 656. The van der Waals surface area contributed by atoms with E-state index in [1.165, 1.54) is 0 Å². The van der Waals surface area contributed by atoms with Gasteiger partial charge in [0.05, 0.1) is 18.4 Å². The zero-order valence-electron chi connectivity index (χ0n) is 14.5. The number of benzene rings is 1. The first-order valence-electron chi connectivity index (χ1n) is 8.25. The summed E-state index contributed by atoms with van der Waals surface area (Å²) in [6, 6.07) is 10.0. The van der Waals surface area contributed by atoms with Gasteiger partial charge in [-0.05, 0) is 43.5 Å². The number of nitrogens with zero attached hydrogens (tertiary/aromatic N) is 1. The molecule has 128 valence electrons. The molecular formula is C19H25N3O2. The number of rotatable bonds is 8. The summed E-state index contributed by atoms with van der Waals surface area (Å²) in [5.41, 5.74) is 2.59. The molecule has 1 aromatic heterocycles. The molecule has 0 aliphatic heterocycles. The Labute approximate surface area is 143 Å². The van der Waals surface area contributed by atoms with Crippen molar-refractivity contribution < 1.29 is 9.53 Å². The van der Waals surface area contributed by atoms with Crippen LogP contribution in [0.4, 0.5) is 5.69 Å². The highest BCUT2D eigenvalue weighted by atomic mass is 16.5. The molecule has 0 saturated heterocycles. The molecule has 0 aliphatic rings. The van der Waals surface area contributed by atoms with Crippen LogP contribution >= 0.6 is 0 Å².